The Labute approximate surface area is 220 Å². The third kappa shape index (κ3) is 6.35. The summed E-state index contributed by atoms with van der Waals surface area (Å²) in [5.41, 5.74) is 1.73. The van der Waals surface area contributed by atoms with Gasteiger partial charge in [0, 0.05) is 25.4 Å². The maximum atomic E-state index is 14.4. The number of imide groups is 1. The number of aromatic nitrogens is 2. The number of imidazole rings is 1. The molecule has 1 unspecified atom stereocenters. The van der Waals surface area contributed by atoms with Gasteiger partial charge >= 0.3 is 6.03 Å². The normalized spacial score (nSPS) is 15.4. The van der Waals surface area contributed by atoms with Gasteiger partial charge in [-0.1, -0.05) is 32.0 Å². The van der Waals surface area contributed by atoms with Gasteiger partial charge in [0.15, 0.2) is 0 Å². The van der Waals surface area contributed by atoms with Crippen LogP contribution in [0.15, 0.2) is 55.0 Å². The molecule has 0 radical (unpaired) electrons. The van der Waals surface area contributed by atoms with Crippen molar-refractivity contribution in [3.05, 3.63) is 77.6 Å². The Kier molecular flexibility index (Phi) is 9.55. The van der Waals surface area contributed by atoms with Crippen molar-refractivity contribution in [2.45, 2.75) is 39.3 Å². The number of nitrogens with zero attached hydrogens (tertiary/aromatic N) is 3. The topological polar surface area (TPSA) is 126 Å². The van der Waals surface area contributed by atoms with E-state index in [2.05, 4.69) is 15.6 Å². The maximum absolute atomic E-state index is 14.4. The highest BCUT2D eigenvalue weighted by Gasteiger charge is 2.45. The number of urea groups is 1. The van der Waals surface area contributed by atoms with Crippen molar-refractivity contribution in [3.8, 4) is 5.75 Å². The molecule has 4 amide bonds. The minimum Gasteiger partial charge on any atom is -0.491 e. The van der Waals surface area contributed by atoms with E-state index in [1.807, 2.05) is 13.8 Å². The van der Waals surface area contributed by atoms with Crippen LogP contribution in [0, 0.1) is 12.7 Å². The summed E-state index contributed by atoms with van der Waals surface area (Å²) < 4.78 is 21.4. The molecule has 4 rings (SSSR count). The monoisotopic (exact) mass is 525 g/mol. The SMILES string of the molecule is CC.Cc1ccc(NC(=O)C(Cc2cncn2C)N2C(=O)N[C@H](c3ccc(OCCO)cc3)C2=O)c(F)c1. The molecule has 2 aromatic carbocycles. The average molecular weight is 526 g/mol. The third-order valence-corrected chi connectivity index (χ3v) is 5.86. The predicted molar refractivity (Wildman–Crippen MR) is 139 cm³/mol. The number of carbonyl (C=O) groups excluding carboxylic acids is 3. The number of anilines is 1. The zero-order chi connectivity index (χ0) is 27.8. The lowest BCUT2D eigenvalue weighted by molar-refractivity contribution is -0.134. The minimum absolute atomic E-state index is 0.0182. The number of halogens is 1. The van der Waals surface area contributed by atoms with Gasteiger partial charge in [0.2, 0.25) is 5.91 Å². The van der Waals surface area contributed by atoms with Crippen LogP contribution < -0.4 is 15.4 Å². The molecule has 1 fully saturated rings. The lowest BCUT2D eigenvalue weighted by Crippen LogP contribution is -2.49. The summed E-state index contributed by atoms with van der Waals surface area (Å²) in [6.07, 6.45) is 3.06. The van der Waals surface area contributed by atoms with Crippen LogP contribution >= 0.6 is 0 Å². The molecule has 38 heavy (non-hydrogen) atoms. The molecule has 202 valence electrons. The average Bonchev–Trinajstić information content (AvgIpc) is 3.45. The molecule has 2 heterocycles. The Morgan fingerprint density at radius 1 is 1.21 bits per heavy atom. The molecule has 11 heteroatoms. The van der Waals surface area contributed by atoms with Crippen molar-refractivity contribution in [2.75, 3.05) is 18.5 Å². The number of ether oxygens (including phenoxy) is 1. The first-order valence-electron chi connectivity index (χ1n) is 12.3. The van der Waals surface area contributed by atoms with Crippen LogP contribution in [0.5, 0.6) is 5.75 Å². The number of hydrogen-bond donors (Lipinski definition) is 3. The molecule has 0 saturated carbocycles. The van der Waals surface area contributed by atoms with Crippen molar-refractivity contribution in [1.29, 1.82) is 0 Å². The number of aliphatic hydroxyl groups is 1. The molecule has 0 bridgehead atoms. The van der Waals surface area contributed by atoms with Gasteiger partial charge in [0.05, 0.1) is 18.6 Å². The van der Waals surface area contributed by atoms with Crippen molar-refractivity contribution in [2.24, 2.45) is 7.05 Å². The molecule has 1 aromatic heterocycles. The molecular weight excluding hydrogens is 493 g/mol. The molecular formula is C27H32FN5O5. The maximum Gasteiger partial charge on any atom is 0.325 e. The molecule has 0 aliphatic carbocycles. The zero-order valence-electron chi connectivity index (χ0n) is 21.8. The van der Waals surface area contributed by atoms with E-state index >= 15 is 0 Å². The van der Waals surface area contributed by atoms with Crippen LogP contribution in [0.1, 0.15) is 36.7 Å². The van der Waals surface area contributed by atoms with Crippen molar-refractivity contribution >= 4 is 23.5 Å². The molecule has 2 atom stereocenters. The number of rotatable bonds is 9. The van der Waals surface area contributed by atoms with Crippen LogP contribution in [0.25, 0.3) is 0 Å². The van der Waals surface area contributed by atoms with Gasteiger partial charge in [-0.3, -0.25) is 9.59 Å². The lowest BCUT2D eigenvalue weighted by Gasteiger charge is -2.25. The Balaban J connectivity index is 0.00000195. The second-order valence-electron chi connectivity index (χ2n) is 8.42. The van der Waals surface area contributed by atoms with Gasteiger partial charge in [0.25, 0.3) is 5.91 Å². The number of aliphatic hydroxyl groups excluding tert-OH is 1. The quantitative estimate of drug-likeness (QED) is 0.369. The molecule has 1 aliphatic heterocycles. The summed E-state index contributed by atoms with van der Waals surface area (Å²) >= 11 is 0. The number of hydrogen-bond acceptors (Lipinski definition) is 6. The number of aryl methyl sites for hydroxylation is 2. The van der Waals surface area contributed by atoms with E-state index < -0.39 is 35.7 Å². The van der Waals surface area contributed by atoms with Crippen LogP contribution in [0.2, 0.25) is 0 Å². The molecule has 3 aromatic rings. The van der Waals surface area contributed by atoms with E-state index in [9.17, 15) is 18.8 Å². The highest BCUT2D eigenvalue weighted by Crippen LogP contribution is 2.27. The fourth-order valence-corrected chi connectivity index (χ4v) is 3.95. The smallest absolute Gasteiger partial charge is 0.325 e. The van der Waals surface area contributed by atoms with Gasteiger partial charge < -0.3 is 25.0 Å². The van der Waals surface area contributed by atoms with Crippen LogP contribution in [0.4, 0.5) is 14.9 Å². The first-order valence-corrected chi connectivity index (χ1v) is 12.3. The zero-order valence-corrected chi connectivity index (χ0v) is 21.8. The van der Waals surface area contributed by atoms with E-state index in [-0.39, 0.29) is 25.3 Å². The minimum atomic E-state index is -1.26. The summed E-state index contributed by atoms with van der Waals surface area (Å²) in [6.45, 7) is 5.71. The van der Waals surface area contributed by atoms with Gasteiger partial charge in [-0.05, 0) is 42.3 Å². The van der Waals surface area contributed by atoms with Crippen LogP contribution in [-0.4, -0.2) is 56.7 Å². The van der Waals surface area contributed by atoms with Gasteiger partial charge in [-0.15, -0.1) is 0 Å². The Morgan fingerprint density at radius 3 is 2.53 bits per heavy atom. The van der Waals surface area contributed by atoms with E-state index in [1.165, 1.54) is 18.3 Å². The predicted octanol–water partition coefficient (Wildman–Crippen LogP) is 3.11. The number of amides is 4. The van der Waals surface area contributed by atoms with Gasteiger partial charge in [0.1, 0.15) is 30.3 Å². The Bertz CT molecular complexity index is 1280. The fourth-order valence-electron chi connectivity index (χ4n) is 3.95. The highest BCUT2D eigenvalue weighted by molar-refractivity contribution is 6.09. The van der Waals surface area contributed by atoms with E-state index in [0.717, 1.165) is 4.90 Å². The summed E-state index contributed by atoms with van der Waals surface area (Å²) in [4.78, 5) is 44.6. The van der Waals surface area contributed by atoms with Gasteiger partial charge in [-0.25, -0.2) is 19.1 Å². The molecule has 1 saturated heterocycles. The Morgan fingerprint density at radius 2 is 1.92 bits per heavy atom. The van der Waals surface area contributed by atoms with E-state index in [1.54, 1.807) is 55.2 Å². The van der Waals surface area contributed by atoms with E-state index in [0.29, 0.717) is 22.6 Å². The lowest BCUT2D eigenvalue weighted by atomic mass is 10.0. The fraction of sp³-hybridized carbons (Fsp3) is 0.333. The Hall–Kier alpha value is -4.25. The van der Waals surface area contributed by atoms with Crippen molar-refractivity contribution in [1.82, 2.24) is 19.8 Å². The molecule has 3 N–H and O–H groups in total. The second kappa shape index (κ2) is 12.8. The first kappa shape index (κ1) is 28.3. The summed E-state index contributed by atoms with van der Waals surface area (Å²) in [6, 6.07) is 7.83. The third-order valence-electron chi connectivity index (χ3n) is 5.86. The molecule has 10 nitrogen and oxygen atoms in total. The summed E-state index contributed by atoms with van der Waals surface area (Å²) in [5.74, 6) is -1.46. The first-order chi connectivity index (χ1) is 18.3. The van der Waals surface area contributed by atoms with Crippen LogP contribution in [-0.2, 0) is 23.1 Å². The number of nitrogens with one attached hydrogen (secondary N) is 2. The van der Waals surface area contributed by atoms with Crippen molar-refractivity contribution in [3.63, 3.8) is 0 Å². The highest BCUT2D eigenvalue weighted by atomic mass is 19.1. The number of carbonyl (C=O) groups is 3. The van der Waals surface area contributed by atoms with E-state index in [4.69, 9.17) is 9.84 Å². The summed E-state index contributed by atoms with van der Waals surface area (Å²) in [7, 11) is 1.73. The molecule has 0 spiro atoms. The largest absolute Gasteiger partial charge is 0.491 e. The van der Waals surface area contributed by atoms with Gasteiger partial charge in [-0.2, -0.15) is 0 Å². The summed E-state index contributed by atoms with van der Waals surface area (Å²) in [5, 5.41) is 14.0. The van der Waals surface area contributed by atoms with Crippen LogP contribution in [0.3, 0.4) is 0 Å². The molecule has 1 aliphatic rings. The standard InChI is InChI=1S/C25H26FN5O5.C2H6/c1-15-3-8-20(19(26)11-15)28-23(33)21(12-17-13-27-14-30(17)2)31-24(34)22(29-25(31)35)16-4-6-18(7-5-16)36-10-9-32;1-2/h3-8,11,13-14,21-22,32H,9-10,12H2,1-2H3,(H,28,33)(H,29,35);1-2H3/t21?,22-;/m1./s1. The van der Waals surface area contributed by atoms with Crippen molar-refractivity contribution < 1.29 is 28.6 Å². The second-order valence-corrected chi connectivity index (χ2v) is 8.42. The number of benzene rings is 2.